The smallest absolute Gasteiger partial charge is 0.306 e. The molecule has 0 aromatic carbocycles. The Morgan fingerprint density at radius 3 is 0.714 bits per heavy atom. The second-order valence-electron chi connectivity index (χ2n) is 21.7. The first kappa shape index (κ1) is 68.2. The lowest BCUT2D eigenvalue weighted by molar-refractivity contribution is -0.167. The van der Waals surface area contributed by atoms with E-state index in [4.69, 9.17) is 14.2 Å². The molecule has 0 radical (unpaired) electrons. The van der Waals surface area contributed by atoms with Crippen LogP contribution in [0.4, 0.5) is 0 Å². The molecular formula is C64H122O6. The van der Waals surface area contributed by atoms with Gasteiger partial charge in [0.05, 0.1) is 0 Å². The summed E-state index contributed by atoms with van der Waals surface area (Å²) in [4.78, 5) is 38.3. The van der Waals surface area contributed by atoms with Gasteiger partial charge in [-0.2, -0.15) is 0 Å². The number of rotatable bonds is 59. The Bertz CT molecular complexity index is 1090. The van der Waals surface area contributed by atoms with E-state index in [9.17, 15) is 14.4 Å². The van der Waals surface area contributed by atoms with Gasteiger partial charge in [-0.3, -0.25) is 14.4 Å². The molecule has 0 N–H and O–H groups in total. The van der Waals surface area contributed by atoms with E-state index in [0.717, 1.165) is 64.2 Å². The van der Waals surface area contributed by atoms with Crippen LogP contribution in [0, 0.1) is 0 Å². The van der Waals surface area contributed by atoms with Gasteiger partial charge in [0, 0.05) is 19.3 Å². The van der Waals surface area contributed by atoms with Gasteiger partial charge in [-0.1, -0.05) is 309 Å². The maximum absolute atomic E-state index is 12.9. The molecular weight excluding hydrogens is 865 g/mol. The Labute approximate surface area is 437 Å². The van der Waals surface area contributed by atoms with E-state index in [0.29, 0.717) is 19.3 Å². The van der Waals surface area contributed by atoms with Crippen LogP contribution in [0.25, 0.3) is 0 Å². The molecule has 1 unspecified atom stereocenters. The number of allylic oxidation sites excluding steroid dienone is 2. The van der Waals surface area contributed by atoms with Crippen molar-refractivity contribution in [2.45, 2.75) is 367 Å². The van der Waals surface area contributed by atoms with Crippen molar-refractivity contribution in [2.24, 2.45) is 0 Å². The van der Waals surface area contributed by atoms with Crippen molar-refractivity contribution >= 4 is 17.9 Å². The Hall–Kier alpha value is -1.85. The predicted octanol–water partition coefficient (Wildman–Crippen LogP) is 21.3. The second kappa shape index (κ2) is 59.7. The molecule has 0 amide bonds. The minimum atomic E-state index is -0.769. The molecule has 70 heavy (non-hydrogen) atoms. The molecule has 0 aliphatic carbocycles. The maximum Gasteiger partial charge on any atom is 0.306 e. The van der Waals surface area contributed by atoms with Gasteiger partial charge in [-0.25, -0.2) is 0 Å². The number of carbonyl (C=O) groups excluding carboxylic acids is 3. The predicted molar refractivity (Wildman–Crippen MR) is 303 cm³/mol. The summed E-state index contributed by atoms with van der Waals surface area (Å²) in [5.74, 6) is -0.845. The van der Waals surface area contributed by atoms with Gasteiger partial charge in [0.1, 0.15) is 13.2 Å². The van der Waals surface area contributed by atoms with Crippen molar-refractivity contribution in [3.8, 4) is 0 Å². The Morgan fingerprint density at radius 2 is 0.471 bits per heavy atom. The first-order valence-corrected chi connectivity index (χ1v) is 31.7. The topological polar surface area (TPSA) is 78.9 Å². The molecule has 0 aromatic heterocycles. The van der Waals surface area contributed by atoms with Crippen LogP contribution < -0.4 is 0 Å². The number of ether oxygens (including phenoxy) is 3. The second-order valence-corrected chi connectivity index (χ2v) is 21.7. The Morgan fingerprint density at radius 1 is 0.271 bits per heavy atom. The van der Waals surface area contributed by atoms with Crippen LogP contribution in [0.1, 0.15) is 361 Å². The van der Waals surface area contributed by atoms with Crippen LogP contribution in [0.3, 0.4) is 0 Å². The van der Waals surface area contributed by atoms with Crippen molar-refractivity contribution < 1.29 is 28.6 Å². The molecule has 0 bridgehead atoms. The zero-order chi connectivity index (χ0) is 50.7. The van der Waals surface area contributed by atoms with E-state index in [1.807, 2.05) is 0 Å². The number of esters is 3. The molecule has 0 fully saturated rings. The van der Waals surface area contributed by atoms with Gasteiger partial charge in [0.2, 0.25) is 0 Å². The lowest BCUT2D eigenvalue weighted by Crippen LogP contribution is -2.30. The summed E-state index contributed by atoms with van der Waals surface area (Å²) in [5, 5.41) is 0. The van der Waals surface area contributed by atoms with Crippen LogP contribution in [0.2, 0.25) is 0 Å². The number of carbonyl (C=O) groups is 3. The lowest BCUT2D eigenvalue weighted by atomic mass is 10.0. The molecule has 0 heterocycles. The zero-order valence-corrected chi connectivity index (χ0v) is 47.6. The fourth-order valence-electron chi connectivity index (χ4n) is 9.74. The third-order valence-corrected chi connectivity index (χ3v) is 14.5. The Kier molecular flexibility index (Phi) is 58.1. The normalized spacial score (nSPS) is 12.0. The molecule has 1 atom stereocenters. The number of unbranched alkanes of at least 4 members (excludes halogenated alkanes) is 46. The van der Waals surface area contributed by atoms with Gasteiger partial charge in [0.15, 0.2) is 6.10 Å². The number of hydrogen-bond acceptors (Lipinski definition) is 6. The van der Waals surface area contributed by atoms with Crippen molar-refractivity contribution in [1.82, 2.24) is 0 Å². The standard InChI is InChI=1S/C64H122O6/c1-4-7-10-13-16-19-22-25-28-30-31-32-33-34-37-39-42-45-48-51-54-57-63(66)69-60-61(59-68-62(65)56-53-50-47-44-41-38-35-27-24-21-18-15-12-9-6-3)70-64(67)58-55-52-49-46-43-40-36-29-26-23-20-17-14-11-8-5-2/h29,36,61H,4-28,30-35,37-60H2,1-3H3/b36-29-. The Balaban J connectivity index is 4.28. The van der Waals surface area contributed by atoms with Crippen molar-refractivity contribution in [1.29, 1.82) is 0 Å². The largest absolute Gasteiger partial charge is 0.462 e. The van der Waals surface area contributed by atoms with E-state index in [1.54, 1.807) is 0 Å². The van der Waals surface area contributed by atoms with E-state index >= 15 is 0 Å². The van der Waals surface area contributed by atoms with E-state index in [-0.39, 0.29) is 31.1 Å². The molecule has 0 saturated heterocycles. The number of hydrogen-bond donors (Lipinski definition) is 0. The van der Waals surface area contributed by atoms with Crippen molar-refractivity contribution in [2.75, 3.05) is 13.2 Å². The summed E-state index contributed by atoms with van der Waals surface area (Å²) < 4.78 is 16.9. The maximum atomic E-state index is 12.9. The molecule has 0 aromatic rings. The first-order chi connectivity index (χ1) is 34.5. The summed E-state index contributed by atoms with van der Waals surface area (Å²) in [6.07, 6.45) is 69.3. The summed E-state index contributed by atoms with van der Waals surface area (Å²) in [6, 6.07) is 0. The molecule has 0 aliphatic rings. The van der Waals surface area contributed by atoms with Gasteiger partial charge in [0.25, 0.3) is 0 Å². The van der Waals surface area contributed by atoms with Crippen LogP contribution in [0.15, 0.2) is 12.2 Å². The molecule has 0 spiro atoms. The fourth-order valence-corrected chi connectivity index (χ4v) is 9.74. The zero-order valence-electron chi connectivity index (χ0n) is 47.6. The summed E-state index contributed by atoms with van der Waals surface area (Å²) in [5.41, 5.74) is 0. The fraction of sp³-hybridized carbons (Fsp3) is 0.922. The summed E-state index contributed by atoms with van der Waals surface area (Å²) in [6.45, 7) is 6.71. The highest BCUT2D eigenvalue weighted by atomic mass is 16.6. The molecule has 0 rings (SSSR count). The third-order valence-electron chi connectivity index (χ3n) is 14.5. The molecule has 414 valence electrons. The highest BCUT2D eigenvalue weighted by Gasteiger charge is 2.19. The average molecular weight is 988 g/mol. The highest BCUT2D eigenvalue weighted by molar-refractivity contribution is 5.71. The SMILES string of the molecule is CCCCCCCCC/C=C\CCCCCCCC(=O)OC(COC(=O)CCCCCCCCCCCCCCCCC)COC(=O)CCCCCCCCCCCCCCCCCCCCCCC. The van der Waals surface area contributed by atoms with E-state index in [1.165, 1.54) is 257 Å². The van der Waals surface area contributed by atoms with Crippen LogP contribution in [-0.4, -0.2) is 37.2 Å². The summed E-state index contributed by atoms with van der Waals surface area (Å²) in [7, 11) is 0. The quantitative estimate of drug-likeness (QED) is 0.0261. The van der Waals surface area contributed by atoms with Gasteiger partial charge in [-0.05, 0) is 44.9 Å². The third kappa shape index (κ3) is 57.1. The minimum Gasteiger partial charge on any atom is -0.462 e. The summed E-state index contributed by atoms with van der Waals surface area (Å²) >= 11 is 0. The van der Waals surface area contributed by atoms with Gasteiger partial charge < -0.3 is 14.2 Å². The van der Waals surface area contributed by atoms with E-state index < -0.39 is 6.10 Å². The van der Waals surface area contributed by atoms with Gasteiger partial charge in [-0.15, -0.1) is 0 Å². The van der Waals surface area contributed by atoms with Crippen LogP contribution >= 0.6 is 0 Å². The molecule has 6 nitrogen and oxygen atoms in total. The molecule has 0 aliphatic heterocycles. The van der Waals surface area contributed by atoms with Crippen molar-refractivity contribution in [3.05, 3.63) is 12.2 Å². The van der Waals surface area contributed by atoms with Gasteiger partial charge >= 0.3 is 17.9 Å². The van der Waals surface area contributed by atoms with Crippen LogP contribution in [0.5, 0.6) is 0 Å². The monoisotopic (exact) mass is 987 g/mol. The molecule has 0 saturated carbocycles. The van der Waals surface area contributed by atoms with Crippen molar-refractivity contribution in [3.63, 3.8) is 0 Å². The lowest BCUT2D eigenvalue weighted by Gasteiger charge is -2.18. The first-order valence-electron chi connectivity index (χ1n) is 31.7. The highest BCUT2D eigenvalue weighted by Crippen LogP contribution is 2.18. The van der Waals surface area contributed by atoms with E-state index in [2.05, 4.69) is 32.9 Å². The molecule has 6 heteroatoms. The average Bonchev–Trinajstić information content (AvgIpc) is 3.36. The minimum absolute atomic E-state index is 0.0669. The van der Waals surface area contributed by atoms with Crippen LogP contribution in [-0.2, 0) is 28.6 Å².